The Bertz CT molecular complexity index is 437. The summed E-state index contributed by atoms with van der Waals surface area (Å²) in [5, 5.41) is 0.638. The topological polar surface area (TPSA) is 38.9 Å². The van der Waals surface area contributed by atoms with Gasteiger partial charge in [-0.15, -0.1) is 0 Å². The van der Waals surface area contributed by atoms with Gasteiger partial charge in [0.2, 0.25) is 0 Å². The fourth-order valence-electron chi connectivity index (χ4n) is 1.25. The van der Waals surface area contributed by atoms with Crippen LogP contribution in [-0.4, -0.2) is 4.98 Å². The predicted molar refractivity (Wildman–Crippen MR) is 59.1 cm³/mol. The number of hydrogen-bond donors (Lipinski definition) is 1. The molecule has 0 saturated heterocycles. The quantitative estimate of drug-likeness (QED) is 0.726. The van der Waals surface area contributed by atoms with Gasteiger partial charge in [-0.1, -0.05) is 23.7 Å². The van der Waals surface area contributed by atoms with E-state index in [0.29, 0.717) is 5.02 Å². The molecule has 0 aliphatic heterocycles. The van der Waals surface area contributed by atoms with Crippen LogP contribution in [0.3, 0.4) is 0 Å². The van der Waals surface area contributed by atoms with Gasteiger partial charge < -0.3 is 5.73 Å². The first kappa shape index (κ1) is 9.03. The fraction of sp³-hybridized carbons (Fsp3) is 0. The van der Waals surface area contributed by atoms with Gasteiger partial charge in [0.1, 0.15) is 0 Å². The van der Waals surface area contributed by atoms with Gasteiger partial charge in [-0.3, -0.25) is 4.98 Å². The van der Waals surface area contributed by atoms with Gasteiger partial charge in [0.25, 0.3) is 0 Å². The molecule has 0 radical (unpaired) electrons. The normalized spacial score (nSPS) is 10.1. The Balaban J connectivity index is 2.44. The minimum atomic E-state index is 0.638. The molecule has 2 rings (SSSR count). The summed E-state index contributed by atoms with van der Waals surface area (Å²) in [6, 6.07) is 9.48. The zero-order valence-corrected chi connectivity index (χ0v) is 8.20. The number of aromatic nitrogens is 1. The summed E-state index contributed by atoms with van der Waals surface area (Å²) in [7, 11) is 0. The highest BCUT2D eigenvalue weighted by Gasteiger charge is 1.98. The van der Waals surface area contributed by atoms with Gasteiger partial charge in [-0.2, -0.15) is 0 Å². The predicted octanol–water partition coefficient (Wildman–Crippen LogP) is 2.98. The summed E-state index contributed by atoms with van der Waals surface area (Å²) in [5.41, 5.74) is 8.41. The van der Waals surface area contributed by atoms with Crippen molar-refractivity contribution in [3.63, 3.8) is 0 Å². The second kappa shape index (κ2) is 3.68. The molecule has 0 bridgehead atoms. The van der Waals surface area contributed by atoms with Crippen LogP contribution in [0.2, 0.25) is 5.02 Å². The van der Waals surface area contributed by atoms with Gasteiger partial charge in [0.05, 0.1) is 5.02 Å². The van der Waals surface area contributed by atoms with E-state index in [1.54, 1.807) is 12.4 Å². The van der Waals surface area contributed by atoms with Gasteiger partial charge in [0, 0.05) is 23.6 Å². The highest BCUT2D eigenvalue weighted by Crippen LogP contribution is 2.21. The van der Waals surface area contributed by atoms with Crippen LogP contribution in [0, 0.1) is 0 Å². The van der Waals surface area contributed by atoms with Crippen LogP contribution in [0.15, 0.2) is 42.7 Å². The van der Waals surface area contributed by atoms with E-state index in [4.69, 9.17) is 17.3 Å². The maximum atomic E-state index is 5.84. The van der Waals surface area contributed by atoms with E-state index < -0.39 is 0 Å². The van der Waals surface area contributed by atoms with Crippen molar-refractivity contribution >= 4 is 17.3 Å². The number of pyridine rings is 1. The van der Waals surface area contributed by atoms with Crippen molar-refractivity contribution in [3.8, 4) is 11.1 Å². The Kier molecular flexibility index (Phi) is 2.37. The molecule has 0 unspecified atom stereocenters. The van der Waals surface area contributed by atoms with Crippen LogP contribution in [0.5, 0.6) is 0 Å². The first-order valence-corrected chi connectivity index (χ1v) is 4.60. The average Bonchev–Trinajstić information content (AvgIpc) is 2.19. The van der Waals surface area contributed by atoms with Gasteiger partial charge >= 0.3 is 0 Å². The van der Waals surface area contributed by atoms with Crippen LogP contribution in [0.1, 0.15) is 0 Å². The lowest BCUT2D eigenvalue weighted by Gasteiger charge is -2.01. The van der Waals surface area contributed by atoms with E-state index in [0.717, 1.165) is 16.8 Å². The minimum absolute atomic E-state index is 0.638. The molecule has 0 spiro atoms. The average molecular weight is 205 g/mol. The molecular weight excluding hydrogens is 196 g/mol. The number of anilines is 1. The Hall–Kier alpha value is -1.54. The van der Waals surface area contributed by atoms with Gasteiger partial charge in [-0.05, 0) is 23.8 Å². The summed E-state index contributed by atoms with van der Waals surface area (Å²) >= 11 is 5.84. The van der Waals surface area contributed by atoms with Crippen molar-refractivity contribution in [1.29, 1.82) is 0 Å². The molecule has 2 N–H and O–H groups in total. The molecule has 0 aliphatic rings. The fourth-order valence-corrected chi connectivity index (χ4v) is 1.42. The van der Waals surface area contributed by atoms with Crippen LogP contribution in [-0.2, 0) is 0 Å². The van der Waals surface area contributed by atoms with E-state index in [1.807, 2.05) is 30.3 Å². The number of nitrogens with zero attached hydrogens (tertiary/aromatic N) is 1. The number of nitrogens with two attached hydrogens (primary N) is 1. The van der Waals surface area contributed by atoms with Crippen molar-refractivity contribution in [2.45, 2.75) is 0 Å². The highest BCUT2D eigenvalue weighted by atomic mass is 35.5. The van der Waals surface area contributed by atoms with E-state index >= 15 is 0 Å². The maximum absolute atomic E-state index is 5.84. The first-order chi connectivity index (χ1) is 6.75. The van der Waals surface area contributed by atoms with Gasteiger partial charge in [0.15, 0.2) is 0 Å². The maximum Gasteiger partial charge on any atom is 0.0595 e. The second-order valence-corrected chi connectivity index (χ2v) is 3.45. The van der Waals surface area contributed by atoms with Crippen LogP contribution >= 0.6 is 11.6 Å². The molecule has 14 heavy (non-hydrogen) atoms. The largest absolute Gasteiger partial charge is 0.399 e. The third kappa shape index (κ3) is 1.86. The van der Waals surface area contributed by atoms with E-state index in [2.05, 4.69) is 4.98 Å². The standard InChI is InChI=1S/C11H9ClN2/c12-10-5-9(6-14-7-10)8-1-3-11(13)4-2-8/h1-7H,13H2. The van der Waals surface area contributed by atoms with Crippen LogP contribution in [0.4, 0.5) is 5.69 Å². The molecule has 70 valence electrons. The smallest absolute Gasteiger partial charge is 0.0595 e. The van der Waals surface area contributed by atoms with Crippen molar-refractivity contribution in [3.05, 3.63) is 47.7 Å². The lowest BCUT2D eigenvalue weighted by molar-refractivity contribution is 1.33. The number of rotatable bonds is 1. The van der Waals surface area contributed by atoms with E-state index in [1.165, 1.54) is 0 Å². The van der Waals surface area contributed by atoms with Crippen LogP contribution in [0.25, 0.3) is 11.1 Å². The molecule has 3 heteroatoms. The number of hydrogen-bond acceptors (Lipinski definition) is 2. The molecule has 0 amide bonds. The molecule has 2 aromatic rings. The molecule has 0 aliphatic carbocycles. The number of benzene rings is 1. The summed E-state index contributed by atoms with van der Waals surface area (Å²) in [6.45, 7) is 0. The zero-order chi connectivity index (χ0) is 9.97. The van der Waals surface area contributed by atoms with Crippen LogP contribution < -0.4 is 5.73 Å². The summed E-state index contributed by atoms with van der Waals surface area (Å²) in [6.07, 6.45) is 3.39. The van der Waals surface area contributed by atoms with E-state index in [9.17, 15) is 0 Å². The first-order valence-electron chi connectivity index (χ1n) is 4.22. The monoisotopic (exact) mass is 204 g/mol. The third-order valence-electron chi connectivity index (χ3n) is 1.95. The molecule has 0 atom stereocenters. The van der Waals surface area contributed by atoms with Crippen molar-refractivity contribution in [2.24, 2.45) is 0 Å². The van der Waals surface area contributed by atoms with E-state index in [-0.39, 0.29) is 0 Å². The Morgan fingerprint density at radius 3 is 2.36 bits per heavy atom. The second-order valence-electron chi connectivity index (χ2n) is 3.01. The highest BCUT2D eigenvalue weighted by molar-refractivity contribution is 6.30. The molecule has 2 nitrogen and oxygen atoms in total. The number of halogens is 1. The third-order valence-corrected chi connectivity index (χ3v) is 2.16. The Morgan fingerprint density at radius 1 is 1.00 bits per heavy atom. The lowest BCUT2D eigenvalue weighted by atomic mass is 10.1. The molecule has 0 saturated carbocycles. The Labute approximate surface area is 87.4 Å². The summed E-state index contributed by atoms with van der Waals surface area (Å²) in [5.74, 6) is 0. The summed E-state index contributed by atoms with van der Waals surface area (Å²) < 4.78 is 0. The molecule has 1 heterocycles. The molecule has 0 fully saturated rings. The summed E-state index contributed by atoms with van der Waals surface area (Å²) in [4.78, 5) is 4.02. The number of nitrogen functional groups attached to an aromatic ring is 1. The van der Waals surface area contributed by atoms with Crippen molar-refractivity contribution in [2.75, 3.05) is 5.73 Å². The molecule has 1 aromatic carbocycles. The van der Waals surface area contributed by atoms with Crippen molar-refractivity contribution < 1.29 is 0 Å². The molecular formula is C11H9ClN2. The zero-order valence-electron chi connectivity index (χ0n) is 7.44. The Morgan fingerprint density at radius 2 is 1.71 bits per heavy atom. The molecule has 1 aromatic heterocycles. The van der Waals surface area contributed by atoms with Gasteiger partial charge in [-0.25, -0.2) is 0 Å². The lowest BCUT2D eigenvalue weighted by Crippen LogP contribution is -1.84. The SMILES string of the molecule is Nc1ccc(-c2cncc(Cl)c2)cc1. The van der Waals surface area contributed by atoms with Crippen molar-refractivity contribution in [1.82, 2.24) is 4.98 Å². The minimum Gasteiger partial charge on any atom is -0.399 e.